The topological polar surface area (TPSA) is 81.2 Å². The molecule has 7 heteroatoms. The highest BCUT2D eigenvalue weighted by atomic mass is 32.1. The predicted molar refractivity (Wildman–Crippen MR) is 155 cm³/mol. The van der Waals surface area contributed by atoms with Crippen LogP contribution in [0.5, 0.6) is 0 Å². The van der Waals surface area contributed by atoms with Gasteiger partial charge < -0.3 is 4.74 Å². The molecule has 2 aromatic heterocycles. The summed E-state index contributed by atoms with van der Waals surface area (Å²) < 4.78 is 5.52. The number of nitrogens with zero attached hydrogens (tertiary/aromatic N) is 2. The first-order valence-electron chi connectivity index (χ1n) is 13.1. The van der Waals surface area contributed by atoms with Crippen molar-refractivity contribution in [2.24, 2.45) is 0 Å². The first kappa shape index (κ1) is 24.9. The molecule has 0 unspecified atom stereocenters. The number of ether oxygens (including phenoxy) is 1. The summed E-state index contributed by atoms with van der Waals surface area (Å²) in [5, 5.41) is 5.89. The largest absolute Gasteiger partial charge is 0.452 e. The maximum atomic E-state index is 13.3. The summed E-state index contributed by atoms with van der Waals surface area (Å²) in [6, 6.07) is 26.0. The number of benzene rings is 3. The maximum Gasteiger partial charge on any atom is 0.339 e. The van der Waals surface area contributed by atoms with Gasteiger partial charge in [0.25, 0.3) is 5.91 Å². The van der Waals surface area contributed by atoms with Crippen LogP contribution in [0.25, 0.3) is 33.3 Å². The van der Waals surface area contributed by atoms with Crippen molar-refractivity contribution in [3.8, 4) is 22.4 Å². The van der Waals surface area contributed by atoms with Crippen molar-refractivity contribution in [3.63, 3.8) is 0 Å². The number of para-hydroxylation sites is 1. The Hall–Kier alpha value is -4.36. The number of anilines is 1. The number of esters is 1. The molecule has 0 atom stereocenters. The SMILES string of the molecule is O=C(COC(=O)c1c2c(nc3ccccc13)CCCCC2)Nc1nc(-c2ccc(-c3ccccc3)cc2)cs1. The lowest BCUT2D eigenvalue weighted by molar-refractivity contribution is -0.119. The second-order valence-electron chi connectivity index (χ2n) is 9.60. The molecule has 0 saturated carbocycles. The zero-order valence-electron chi connectivity index (χ0n) is 21.4. The number of rotatable bonds is 6. The molecule has 2 heterocycles. The summed E-state index contributed by atoms with van der Waals surface area (Å²) in [7, 11) is 0. The van der Waals surface area contributed by atoms with Gasteiger partial charge in [0.2, 0.25) is 0 Å². The number of amides is 1. The van der Waals surface area contributed by atoms with Crippen LogP contribution >= 0.6 is 11.3 Å². The highest BCUT2D eigenvalue weighted by Crippen LogP contribution is 2.30. The van der Waals surface area contributed by atoms with Crippen LogP contribution in [0.4, 0.5) is 5.13 Å². The molecule has 0 radical (unpaired) electrons. The van der Waals surface area contributed by atoms with Crippen molar-refractivity contribution >= 4 is 39.2 Å². The third-order valence-electron chi connectivity index (χ3n) is 7.00. The number of thiazole rings is 1. The van der Waals surface area contributed by atoms with E-state index in [0.29, 0.717) is 10.7 Å². The smallest absolute Gasteiger partial charge is 0.339 e. The summed E-state index contributed by atoms with van der Waals surface area (Å²) in [5.41, 5.74) is 7.27. The summed E-state index contributed by atoms with van der Waals surface area (Å²) in [6.45, 7) is -0.384. The van der Waals surface area contributed by atoms with Gasteiger partial charge in [0, 0.05) is 22.0 Å². The lowest BCUT2D eigenvalue weighted by Gasteiger charge is -2.14. The van der Waals surface area contributed by atoms with Gasteiger partial charge in [0.1, 0.15) is 0 Å². The van der Waals surface area contributed by atoms with Gasteiger partial charge in [-0.15, -0.1) is 11.3 Å². The Bertz CT molecular complexity index is 1650. The summed E-state index contributed by atoms with van der Waals surface area (Å²) >= 11 is 1.33. The summed E-state index contributed by atoms with van der Waals surface area (Å²) in [5.74, 6) is -0.909. The molecular weight excluding hydrogens is 506 g/mol. The molecule has 39 heavy (non-hydrogen) atoms. The summed E-state index contributed by atoms with van der Waals surface area (Å²) in [6.07, 6.45) is 4.81. The van der Waals surface area contributed by atoms with E-state index >= 15 is 0 Å². The molecule has 6 rings (SSSR count). The number of aryl methyl sites for hydroxylation is 1. The molecule has 1 N–H and O–H groups in total. The molecule has 3 aromatic carbocycles. The molecule has 1 amide bonds. The lowest BCUT2D eigenvalue weighted by Crippen LogP contribution is -2.22. The minimum absolute atomic E-state index is 0.384. The standard InChI is InChI=1S/C32H27N3O3S/c36-29(35-32-34-28(20-39-32)23-17-15-22(16-18-23)21-9-3-1-4-10-21)19-38-31(37)30-24-11-5-2-6-13-26(24)33-27-14-8-7-12-25(27)30/h1,3-4,7-10,12,14-18,20H,2,5-6,11,13,19H2,(H,34,35,36). The number of pyridine rings is 1. The van der Waals surface area contributed by atoms with E-state index in [1.165, 1.54) is 11.3 Å². The average Bonchev–Trinajstić information content (AvgIpc) is 3.31. The minimum Gasteiger partial charge on any atom is -0.452 e. The van der Waals surface area contributed by atoms with Crippen molar-refractivity contribution in [2.75, 3.05) is 11.9 Å². The van der Waals surface area contributed by atoms with Gasteiger partial charge in [-0.2, -0.15) is 0 Å². The van der Waals surface area contributed by atoms with Crippen LogP contribution in [-0.4, -0.2) is 28.5 Å². The molecule has 194 valence electrons. The van der Waals surface area contributed by atoms with Crippen molar-refractivity contribution in [1.29, 1.82) is 0 Å². The lowest BCUT2D eigenvalue weighted by atomic mass is 9.97. The van der Waals surface area contributed by atoms with Gasteiger partial charge in [-0.05, 0) is 48.4 Å². The fourth-order valence-electron chi connectivity index (χ4n) is 5.07. The van der Waals surface area contributed by atoms with Gasteiger partial charge >= 0.3 is 5.97 Å². The molecule has 1 aliphatic rings. The fourth-order valence-corrected chi connectivity index (χ4v) is 5.80. The molecule has 1 aliphatic carbocycles. The minimum atomic E-state index is -0.486. The van der Waals surface area contributed by atoms with Gasteiger partial charge in [-0.1, -0.05) is 79.2 Å². The van der Waals surface area contributed by atoms with Crippen molar-refractivity contribution in [3.05, 3.63) is 101 Å². The van der Waals surface area contributed by atoms with Gasteiger partial charge in [-0.3, -0.25) is 15.1 Å². The van der Waals surface area contributed by atoms with Crippen LogP contribution in [0.2, 0.25) is 0 Å². The number of nitrogens with one attached hydrogen (secondary N) is 1. The van der Waals surface area contributed by atoms with E-state index in [-0.39, 0.29) is 6.61 Å². The molecule has 5 aromatic rings. The fraction of sp³-hybridized carbons (Fsp3) is 0.188. The Morgan fingerprint density at radius 2 is 1.51 bits per heavy atom. The van der Waals surface area contributed by atoms with Crippen LogP contribution in [0.15, 0.2) is 84.2 Å². The van der Waals surface area contributed by atoms with Crippen molar-refractivity contribution in [1.82, 2.24) is 9.97 Å². The van der Waals surface area contributed by atoms with E-state index in [0.717, 1.165) is 76.6 Å². The van der Waals surface area contributed by atoms with Gasteiger partial charge in [0.05, 0.1) is 16.8 Å². The quantitative estimate of drug-likeness (QED) is 0.186. The molecule has 6 nitrogen and oxygen atoms in total. The Morgan fingerprint density at radius 1 is 0.795 bits per heavy atom. The Kier molecular flexibility index (Phi) is 7.15. The molecule has 0 bridgehead atoms. The second kappa shape index (κ2) is 11.2. The molecule has 0 aliphatic heterocycles. The number of carbonyl (C=O) groups is 2. The van der Waals surface area contributed by atoms with E-state index in [1.807, 2.05) is 60.0 Å². The number of aromatic nitrogens is 2. The van der Waals surface area contributed by atoms with Gasteiger partial charge in [-0.25, -0.2) is 9.78 Å². The van der Waals surface area contributed by atoms with Crippen LogP contribution in [0.3, 0.4) is 0 Å². The van der Waals surface area contributed by atoms with E-state index in [2.05, 4.69) is 34.6 Å². The monoisotopic (exact) mass is 533 g/mol. The van der Waals surface area contributed by atoms with E-state index in [4.69, 9.17) is 9.72 Å². The maximum absolute atomic E-state index is 13.3. The molecule has 0 saturated heterocycles. The first-order chi connectivity index (χ1) is 19.2. The zero-order chi connectivity index (χ0) is 26.6. The zero-order valence-corrected chi connectivity index (χ0v) is 22.2. The van der Waals surface area contributed by atoms with E-state index < -0.39 is 11.9 Å². The van der Waals surface area contributed by atoms with Crippen molar-refractivity contribution in [2.45, 2.75) is 32.1 Å². The third-order valence-corrected chi connectivity index (χ3v) is 7.75. The highest BCUT2D eigenvalue weighted by molar-refractivity contribution is 7.14. The number of hydrogen-bond donors (Lipinski definition) is 1. The molecule has 0 fully saturated rings. The Balaban J connectivity index is 1.12. The normalized spacial score (nSPS) is 12.9. The average molecular weight is 534 g/mol. The second-order valence-corrected chi connectivity index (χ2v) is 10.5. The Labute approximate surface area is 230 Å². The van der Waals surface area contributed by atoms with Crippen LogP contribution in [0, 0.1) is 0 Å². The van der Waals surface area contributed by atoms with E-state index in [9.17, 15) is 9.59 Å². The van der Waals surface area contributed by atoms with Crippen LogP contribution in [-0.2, 0) is 22.4 Å². The van der Waals surface area contributed by atoms with Gasteiger partial charge in [0.15, 0.2) is 11.7 Å². The molecular formula is C32H27N3O3S. The van der Waals surface area contributed by atoms with Crippen LogP contribution < -0.4 is 5.32 Å². The number of fused-ring (bicyclic) bond motifs is 2. The Morgan fingerprint density at radius 3 is 2.36 bits per heavy atom. The third kappa shape index (κ3) is 5.45. The first-order valence-corrected chi connectivity index (χ1v) is 14.0. The molecule has 0 spiro atoms. The highest BCUT2D eigenvalue weighted by Gasteiger charge is 2.23. The number of hydrogen-bond acceptors (Lipinski definition) is 6. The van der Waals surface area contributed by atoms with Crippen LogP contribution in [0.1, 0.15) is 40.9 Å². The summed E-state index contributed by atoms with van der Waals surface area (Å²) in [4.78, 5) is 35.3. The van der Waals surface area contributed by atoms with E-state index in [1.54, 1.807) is 0 Å². The number of carbonyl (C=O) groups excluding carboxylic acids is 2. The predicted octanol–water partition coefficient (Wildman–Crippen LogP) is 7.09. The van der Waals surface area contributed by atoms with Crippen molar-refractivity contribution < 1.29 is 14.3 Å².